The van der Waals surface area contributed by atoms with Gasteiger partial charge in [-0.2, -0.15) is 0 Å². The van der Waals surface area contributed by atoms with Gasteiger partial charge in [-0.25, -0.2) is 13.8 Å². The van der Waals surface area contributed by atoms with Gasteiger partial charge in [0.1, 0.15) is 17.7 Å². The summed E-state index contributed by atoms with van der Waals surface area (Å²) in [6, 6.07) is 12.0. The second kappa shape index (κ2) is 8.20. The zero-order valence-electron chi connectivity index (χ0n) is 16.2. The largest absolute Gasteiger partial charge is 0.461 e. The van der Waals surface area contributed by atoms with Crippen molar-refractivity contribution in [3.05, 3.63) is 60.2 Å². The Labute approximate surface area is 176 Å². The Kier molecular flexibility index (Phi) is 5.62. The van der Waals surface area contributed by atoms with Gasteiger partial charge in [-0.05, 0) is 55.5 Å². The number of hydrogen-bond donors (Lipinski definition) is 2. The molecule has 8 heteroatoms. The Morgan fingerprint density at radius 1 is 1.13 bits per heavy atom. The highest BCUT2D eigenvalue weighted by molar-refractivity contribution is 7.99. The van der Waals surface area contributed by atoms with Crippen LogP contribution < -0.4 is 0 Å². The van der Waals surface area contributed by atoms with Crippen molar-refractivity contribution in [2.75, 3.05) is 5.75 Å². The molecule has 0 aliphatic carbocycles. The van der Waals surface area contributed by atoms with Crippen LogP contribution in [0.5, 0.6) is 0 Å². The predicted octanol–water partition coefficient (Wildman–Crippen LogP) is 4.57. The van der Waals surface area contributed by atoms with Gasteiger partial charge >= 0.3 is 5.97 Å². The third-order valence-electron chi connectivity index (χ3n) is 4.83. The lowest BCUT2D eigenvalue weighted by Gasteiger charge is -2.32. The zero-order chi connectivity index (χ0) is 21.3. The number of halogens is 2. The lowest BCUT2D eigenvalue weighted by atomic mass is 9.93. The summed E-state index contributed by atoms with van der Waals surface area (Å²) in [6.45, 7) is 1.62. The minimum absolute atomic E-state index is 0.0155. The molecule has 0 radical (unpaired) electrons. The average molecular weight is 430 g/mol. The third-order valence-corrected chi connectivity index (χ3v) is 5.83. The molecule has 0 saturated carbocycles. The Bertz CT molecular complexity index is 986. The molecular weight excluding hydrogens is 410 g/mol. The Balaban J connectivity index is 1.61. The highest BCUT2D eigenvalue weighted by atomic mass is 32.2. The van der Waals surface area contributed by atoms with Crippen molar-refractivity contribution in [2.24, 2.45) is 0 Å². The molecule has 1 aliphatic rings. The summed E-state index contributed by atoms with van der Waals surface area (Å²) in [5.74, 6) is -0.697. The standard InChI is InChI=1S/C22H20F2N2O3S/c1-22(28)10-17(29-18(27)11-22)12-30-21-25-19(13-2-6-15(23)7-3-13)20(26-21)14-4-8-16(24)9-5-14/h2-9,17,28H,10-12H2,1H3,(H,25,26)/t17-,22+/m0/s1. The second-order valence-corrected chi connectivity index (χ2v) is 8.59. The molecule has 5 nitrogen and oxygen atoms in total. The van der Waals surface area contributed by atoms with Gasteiger partial charge < -0.3 is 14.8 Å². The van der Waals surface area contributed by atoms with E-state index in [-0.39, 0.29) is 18.1 Å². The number of rotatable bonds is 5. The van der Waals surface area contributed by atoms with Crippen molar-refractivity contribution in [1.82, 2.24) is 9.97 Å². The van der Waals surface area contributed by atoms with Gasteiger partial charge in [0.25, 0.3) is 0 Å². The van der Waals surface area contributed by atoms with Crippen LogP contribution in [0.1, 0.15) is 19.8 Å². The van der Waals surface area contributed by atoms with E-state index < -0.39 is 17.7 Å². The van der Waals surface area contributed by atoms with Gasteiger partial charge in [0.15, 0.2) is 5.16 Å². The van der Waals surface area contributed by atoms with E-state index in [0.717, 1.165) is 5.56 Å². The van der Waals surface area contributed by atoms with Crippen LogP contribution in [-0.4, -0.2) is 38.5 Å². The first kappa shape index (κ1) is 20.6. The number of ether oxygens (including phenoxy) is 1. The number of hydrogen-bond acceptors (Lipinski definition) is 5. The average Bonchev–Trinajstić information content (AvgIpc) is 3.10. The van der Waals surface area contributed by atoms with Crippen molar-refractivity contribution in [1.29, 1.82) is 0 Å². The molecule has 156 valence electrons. The third kappa shape index (κ3) is 4.71. The summed E-state index contributed by atoms with van der Waals surface area (Å²) >= 11 is 1.36. The molecule has 2 N–H and O–H groups in total. The second-order valence-electron chi connectivity index (χ2n) is 7.58. The van der Waals surface area contributed by atoms with Crippen molar-refractivity contribution in [2.45, 2.75) is 36.6 Å². The first-order chi connectivity index (χ1) is 14.3. The Morgan fingerprint density at radius 2 is 1.73 bits per heavy atom. The maximum absolute atomic E-state index is 13.4. The van der Waals surface area contributed by atoms with E-state index in [1.165, 1.54) is 36.0 Å². The van der Waals surface area contributed by atoms with E-state index in [9.17, 15) is 18.7 Å². The summed E-state index contributed by atoms with van der Waals surface area (Å²) in [7, 11) is 0. The molecule has 1 fully saturated rings. The number of aromatic nitrogens is 2. The van der Waals surface area contributed by atoms with Crippen LogP contribution in [-0.2, 0) is 9.53 Å². The number of thioether (sulfide) groups is 1. The van der Waals surface area contributed by atoms with Crippen LogP contribution in [0, 0.1) is 11.6 Å². The number of H-pyrrole nitrogens is 1. The van der Waals surface area contributed by atoms with Crippen LogP contribution >= 0.6 is 11.8 Å². The molecule has 0 unspecified atom stereocenters. The summed E-state index contributed by atoms with van der Waals surface area (Å²) in [5, 5.41) is 10.8. The number of esters is 1. The van der Waals surface area contributed by atoms with Crippen molar-refractivity contribution < 1.29 is 23.4 Å². The number of aromatic amines is 1. The molecule has 1 aromatic heterocycles. The van der Waals surface area contributed by atoms with E-state index in [4.69, 9.17) is 4.74 Å². The summed E-state index contributed by atoms with van der Waals surface area (Å²) in [4.78, 5) is 19.6. The van der Waals surface area contributed by atoms with Gasteiger partial charge in [-0.15, -0.1) is 0 Å². The lowest BCUT2D eigenvalue weighted by molar-refractivity contribution is -0.165. The molecule has 1 aliphatic heterocycles. The topological polar surface area (TPSA) is 75.2 Å². The lowest BCUT2D eigenvalue weighted by Crippen LogP contribution is -2.41. The minimum atomic E-state index is -1.08. The molecule has 2 heterocycles. The van der Waals surface area contributed by atoms with E-state index in [1.54, 1.807) is 31.2 Å². The maximum Gasteiger partial charge on any atom is 0.309 e. The molecule has 0 amide bonds. The van der Waals surface area contributed by atoms with Gasteiger partial charge in [0, 0.05) is 23.3 Å². The highest BCUT2D eigenvalue weighted by Gasteiger charge is 2.36. The fourth-order valence-corrected chi connectivity index (χ4v) is 4.33. The smallest absolute Gasteiger partial charge is 0.309 e. The number of benzene rings is 2. The summed E-state index contributed by atoms with van der Waals surface area (Å²) in [5.41, 5.74) is 1.66. The zero-order valence-corrected chi connectivity index (χ0v) is 17.0. The summed E-state index contributed by atoms with van der Waals surface area (Å²) in [6.07, 6.45) is -0.0969. The van der Waals surface area contributed by atoms with Gasteiger partial charge in [0.2, 0.25) is 0 Å². The van der Waals surface area contributed by atoms with E-state index >= 15 is 0 Å². The molecule has 0 bridgehead atoms. The van der Waals surface area contributed by atoms with E-state index in [2.05, 4.69) is 9.97 Å². The number of carbonyl (C=O) groups excluding carboxylic acids is 1. The van der Waals surface area contributed by atoms with Crippen LogP contribution in [0.2, 0.25) is 0 Å². The maximum atomic E-state index is 13.4. The minimum Gasteiger partial charge on any atom is -0.461 e. The molecule has 3 aromatic rings. The van der Waals surface area contributed by atoms with Gasteiger partial charge in [-0.3, -0.25) is 4.79 Å². The van der Waals surface area contributed by atoms with E-state index in [0.29, 0.717) is 34.3 Å². The van der Waals surface area contributed by atoms with Crippen LogP contribution in [0.25, 0.3) is 22.5 Å². The molecule has 1 saturated heterocycles. The van der Waals surface area contributed by atoms with Crippen LogP contribution in [0.15, 0.2) is 53.7 Å². The molecule has 2 aromatic carbocycles. The highest BCUT2D eigenvalue weighted by Crippen LogP contribution is 2.34. The number of nitrogens with one attached hydrogen (secondary N) is 1. The monoisotopic (exact) mass is 430 g/mol. The van der Waals surface area contributed by atoms with E-state index in [1.807, 2.05) is 0 Å². The molecule has 30 heavy (non-hydrogen) atoms. The molecule has 2 atom stereocenters. The van der Waals surface area contributed by atoms with Gasteiger partial charge in [-0.1, -0.05) is 11.8 Å². The fraction of sp³-hybridized carbons (Fsp3) is 0.273. The Morgan fingerprint density at radius 3 is 2.33 bits per heavy atom. The molecule has 0 spiro atoms. The first-order valence-corrected chi connectivity index (χ1v) is 10.4. The fourth-order valence-electron chi connectivity index (χ4n) is 3.47. The van der Waals surface area contributed by atoms with Crippen LogP contribution in [0.4, 0.5) is 8.78 Å². The first-order valence-electron chi connectivity index (χ1n) is 9.46. The number of imidazole rings is 1. The number of cyclic esters (lactones) is 1. The molecular formula is C22H20F2N2O3S. The van der Waals surface area contributed by atoms with Crippen LogP contribution in [0.3, 0.4) is 0 Å². The van der Waals surface area contributed by atoms with Crippen molar-refractivity contribution >= 4 is 17.7 Å². The number of aliphatic hydroxyl groups is 1. The normalized spacial score (nSPS) is 21.5. The summed E-state index contributed by atoms with van der Waals surface area (Å²) < 4.78 is 32.1. The quantitative estimate of drug-likeness (QED) is 0.458. The van der Waals surface area contributed by atoms with Gasteiger partial charge in [0.05, 0.1) is 23.4 Å². The predicted molar refractivity (Wildman–Crippen MR) is 110 cm³/mol. The van der Waals surface area contributed by atoms with Crippen molar-refractivity contribution in [3.63, 3.8) is 0 Å². The van der Waals surface area contributed by atoms with Crippen molar-refractivity contribution in [3.8, 4) is 22.5 Å². The Hall–Kier alpha value is -2.71. The molecule has 4 rings (SSSR count). The SMILES string of the molecule is C[C@]1(O)CC(=O)O[C@H](CSc2nc(-c3ccc(F)cc3)c(-c3ccc(F)cc3)[nH]2)C1. The number of carbonyl (C=O) groups is 1. The number of nitrogens with zero attached hydrogens (tertiary/aromatic N) is 1.